The molecule has 2 amide bonds. The van der Waals surface area contributed by atoms with Crippen molar-refractivity contribution in [3.8, 4) is 5.75 Å². The minimum absolute atomic E-state index is 0.0699. The van der Waals surface area contributed by atoms with E-state index in [1.165, 1.54) is 0 Å². The number of carbonyl (C=O) groups excluding carboxylic acids is 2. The SMILES string of the molecule is COc1ccc2c(c1)c1c(n2CC(=O)Nc2ccccc2)C(=O)NCC1. The Balaban J connectivity index is 1.75. The zero-order valence-electron chi connectivity index (χ0n) is 14.4. The molecule has 6 nitrogen and oxygen atoms in total. The summed E-state index contributed by atoms with van der Waals surface area (Å²) in [6.07, 6.45) is 0.734. The molecule has 0 spiro atoms. The molecule has 1 aliphatic rings. The van der Waals surface area contributed by atoms with Crippen molar-refractivity contribution in [2.75, 3.05) is 19.0 Å². The molecule has 3 aromatic rings. The Labute approximate surface area is 150 Å². The quantitative estimate of drug-likeness (QED) is 0.760. The number of fused-ring (bicyclic) bond motifs is 3. The van der Waals surface area contributed by atoms with Gasteiger partial charge >= 0.3 is 0 Å². The van der Waals surface area contributed by atoms with Crippen molar-refractivity contribution >= 4 is 28.4 Å². The summed E-state index contributed by atoms with van der Waals surface area (Å²) in [4.78, 5) is 25.0. The van der Waals surface area contributed by atoms with Gasteiger partial charge in [0, 0.05) is 23.1 Å². The van der Waals surface area contributed by atoms with Crippen LogP contribution in [-0.4, -0.2) is 30.0 Å². The molecule has 0 saturated carbocycles. The van der Waals surface area contributed by atoms with Crippen LogP contribution in [-0.2, 0) is 17.8 Å². The van der Waals surface area contributed by atoms with E-state index in [-0.39, 0.29) is 18.4 Å². The number of carbonyl (C=O) groups is 2. The number of amides is 2. The van der Waals surface area contributed by atoms with Gasteiger partial charge in [0.05, 0.1) is 7.11 Å². The van der Waals surface area contributed by atoms with E-state index in [9.17, 15) is 9.59 Å². The molecular weight excluding hydrogens is 330 g/mol. The second kappa shape index (κ2) is 6.55. The molecule has 0 radical (unpaired) electrons. The van der Waals surface area contributed by atoms with Crippen LogP contribution in [0.4, 0.5) is 5.69 Å². The Morgan fingerprint density at radius 3 is 2.81 bits per heavy atom. The Bertz CT molecular complexity index is 992. The first kappa shape index (κ1) is 16.2. The van der Waals surface area contributed by atoms with Crippen LogP contribution < -0.4 is 15.4 Å². The van der Waals surface area contributed by atoms with Crippen LogP contribution in [0.25, 0.3) is 10.9 Å². The van der Waals surface area contributed by atoms with Crippen LogP contribution in [0, 0.1) is 0 Å². The molecule has 2 N–H and O–H groups in total. The number of para-hydroxylation sites is 1. The molecular formula is C20H19N3O3. The first-order valence-corrected chi connectivity index (χ1v) is 8.49. The van der Waals surface area contributed by atoms with Crippen molar-refractivity contribution in [2.45, 2.75) is 13.0 Å². The minimum Gasteiger partial charge on any atom is -0.497 e. The Hall–Kier alpha value is -3.28. The van der Waals surface area contributed by atoms with Crippen molar-refractivity contribution in [1.29, 1.82) is 0 Å². The Morgan fingerprint density at radius 1 is 1.23 bits per heavy atom. The van der Waals surface area contributed by atoms with E-state index in [2.05, 4.69) is 10.6 Å². The molecule has 0 unspecified atom stereocenters. The summed E-state index contributed by atoms with van der Waals surface area (Å²) < 4.78 is 7.11. The van der Waals surface area contributed by atoms with Gasteiger partial charge in [-0.1, -0.05) is 18.2 Å². The molecule has 0 atom stereocenters. The molecule has 2 aromatic carbocycles. The summed E-state index contributed by atoms with van der Waals surface area (Å²) in [7, 11) is 1.62. The van der Waals surface area contributed by atoms with Crippen LogP contribution in [0.5, 0.6) is 5.75 Å². The standard InChI is InChI=1S/C20H19N3O3/c1-26-14-7-8-17-16(11-14)15-9-10-21-20(25)19(15)23(17)12-18(24)22-13-5-3-2-4-6-13/h2-8,11H,9-10,12H2,1H3,(H,21,25)(H,22,24). The Morgan fingerprint density at radius 2 is 2.04 bits per heavy atom. The lowest BCUT2D eigenvalue weighted by molar-refractivity contribution is -0.116. The highest BCUT2D eigenvalue weighted by molar-refractivity contribution is 6.04. The predicted molar refractivity (Wildman–Crippen MR) is 99.6 cm³/mol. The molecule has 26 heavy (non-hydrogen) atoms. The number of benzene rings is 2. The van der Waals surface area contributed by atoms with Gasteiger partial charge < -0.3 is 19.9 Å². The molecule has 1 aromatic heterocycles. The lowest BCUT2D eigenvalue weighted by Crippen LogP contribution is -2.34. The topological polar surface area (TPSA) is 72.4 Å². The monoisotopic (exact) mass is 349 g/mol. The summed E-state index contributed by atoms with van der Waals surface area (Å²) in [6, 6.07) is 15.0. The zero-order chi connectivity index (χ0) is 18.1. The third-order valence-electron chi connectivity index (χ3n) is 4.61. The molecule has 132 valence electrons. The highest BCUT2D eigenvalue weighted by Gasteiger charge is 2.27. The van der Waals surface area contributed by atoms with E-state index in [4.69, 9.17) is 4.74 Å². The fourth-order valence-electron chi connectivity index (χ4n) is 3.46. The fourth-order valence-corrected chi connectivity index (χ4v) is 3.46. The zero-order valence-corrected chi connectivity index (χ0v) is 14.4. The van der Waals surface area contributed by atoms with Gasteiger partial charge in [0.1, 0.15) is 18.0 Å². The summed E-state index contributed by atoms with van der Waals surface area (Å²) in [5.41, 5.74) is 3.11. The van der Waals surface area contributed by atoms with Crippen molar-refractivity contribution in [1.82, 2.24) is 9.88 Å². The highest BCUT2D eigenvalue weighted by atomic mass is 16.5. The maximum Gasteiger partial charge on any atom is 0.268 e. The normalized spacial score (nSPS) is 13.2. The van der Waals surface area contributed by atoms with E-state index in [1.807, 2.05) is 48.5 Å². The van der Waals surface area contributed by atoms with Gasteiger partial charge in [-0.2, -0.15) is 0 Å². The van der Waals surface area contributed by atoms with Crippen molar-refractivity contribution in [3.63, 3.8) is 0 Å². The van der Waals surface area contributed by atoms with E-state index in [0.29, 0.717) is 12.2 Å². The number of methoxy groups -OCH3 is 1. The minimum atomic E-state index is -0.176. The van der Waals surface area contributed by atoms with E-state index < -0.39 is 0 Å². The number of ether oxygens (including phenoxy) is 1. The summed E-state index contributed by atoms with van der Waals surface area (Å²) >= 11 is 0. The number of rotatable bonds is 4. The lowest BCUT2D eigenvalue weighted by Gasteiger charge is -2.16. The van der Waals surface area contributed by atoms with Gasteiger partial charge in [0.15, 0.2) is 0 Å². The molecule has 0 saturated heterocycles. The van der Waals surface area contributed by atoms with Gasteiger partial charge in [-0.15, -0.1) is 0 Å². The van der Waals surface area contributed by atoms with Crippen LogP contribution in [0.1, 0.15) is 16.1 Å². The number of aromatic nitrogens is 1. The second-order valence-electron chi connectivity index (χ2n) is 6.22. The number of hydrogen-bond donors (Lipinski definition) is 2. The first-order valence-electron chi connectivity index (χ1n) is 8.49. The molecule has 6 heteroatoms. The molecule has 0 aliphatic carbocycles. The number of nitrogens with zero attached hydrogens (tertiary/aromatic N) is 1. The largest absolute Gasteiger partial charge is 0.497 e. The van der Waals surface area contributed by atoms with Gasteiger partial charge in [-0.25, -0.2) is 0 Å². The van der Waals surface area contributed by atoms with Crippen LogP contribution in [0.2, 0.25) is 0 Å². The molecule has 0 bridgehead atoms. The molecule has 0 fully saturated rings. The smallest absolute Gasteiger partial charge is 0.268 e. The third-order valence-corrected chi connectivity index (χ3v) is 4.61. The lowest BCUT2D eigenvalue weighted by atomic mass is 10.0. The summed E-state index contributed by atoms with van der Waals surface area (Å²) in [5, 5.41) is 6.70. The van der Waals surface area contributed by atoms with E-state index in [1.54, 1.807) is 11.7 Å². The van der Waals surface area contributed by atoms with Crippen LogP contribution >= 0.6 is 0 Å². The number of hydrogen-bond acceptors (Lipinski definition) is 3. The predicted octanol–water partition coefficient (Wildman–Crippen LogP) is 2.57. The van der Waals surface area contributed by atoms with E-state index >= 15 is 0 Å². The fraction of sp³-hybridized carbons (Fsp3) is 0.200. The maximum absolute atomic E-state index is 12.6. The summed E-state index contributed by atoms with van der Waals surface area (Å²) in [5.74, 6) is 0.413. The van der Waals surface area contributed by atoms with Gasteiger partial charge in [-0.05, 0) is 42.3 Å². The first-order chi connectivity index (χ1) is 12.7. The van der Waals surface area contributed by atoms with Gasteiger partial charge in [-0.3, -0.25) is 9.59 Å². The van der Waals surface area contributed by atoms with Crippen molar-refractivity contribution in [2.24, 2.45) is 0 Å². The van der Waals surface area contributed by atoms with E-state index in [0.717, 1.165) is 34.3 Å². The second-order valence-corrected chi connectivity index (χ2v) is 6.22. The Kier molecular flexibility index (Phi) is 4.08. The van der Waals surface area contributed by atoms with Crippen molar-refractivity contribution in [3.05, 3.63) is 59.8 Å². The third kappa shape index (κ3) is 2.79. The van der Waals surface area contributed by atoms with Gasteiger partial charge in [0.2, 0.25) is 5.91 Å². The average Bonchev–Trinajstić information content (AvgIpc) is 2.97. The van der Waals surface area contributed by atoms with Crippen LogP contribution in [0.15, 0.2) is 48.5 Å². The molecule has 1 aliphatic heterocycles. The van der Waals surface area contributed by atoms with Crippen molar-refractivity contribution < 1.29 is 14.3 Å². The number of anilines is 1. The summed E-state index contributed by atoms with van der Waals surface area (Å²) in [6.45, 7) is 0.666. The van der Waals surface area contributed by atoms with Crippen LogP contribution in [0.3, 0.4) is 0 Å². The number of nitrogens with one attached hydrogen (secondary N) is 2. The maximum atomic E-state index is 12.6. The highest BCUT2D eigenvalue weighted by Crippen LogP contribution is 2.31. The average molecular weight is 349 g/mol. The molecule has 4 rings (SSSR count). The van der Waals surface area contributed by atoms with Gasteiger partial charge in [0.25, 0.3) is 5.91 Å². The molecule has 2 heterocycles.